The number of carbonyl (C=O) groups excluding carboxylic acids is 1. The minimum absolute atomic E-state index is 0.00952. The fourth-order valence-corrected chi connectivity index (χ4v) is 3.14. The molecule has 1 saturated heterocycles. The largest absolute Gasteiger partial charge is 0.488 e. The maximum atomic E-state index is 12.6. The van der Waals surface area contributed by atoms with E-state index < -0.39 is 0 Å². The van der Waals surface area contributed by atoms with Crippen LogP contribution in [0, 0.1) is 0 Å². The van der Waals surface area contributed by atoms with Crippen molar-refractivity contribution < 1.29 is 14.3 Å². The monoisotopic (exact) mass is 374 g/mol. The smallest absolute Gasteiger partial charge is 0.194 e. The van der Waals surface area contributed by atoms with Gasteiger partial charge in [0.25, 0.3) is 0 Å². The summed E-state index contributed by atoms with van der Waals surface area (Å²) in [7, 11) is 0. The Hall–Kier alpha value is -1.65. The van der Waals surface area contributed by atoms with Crippen LogP contribution in [0.2, 0.25) is 0 Å². The van der Waals surface area contributed by atoms with E-state index >= 15 is 0 Å². The van der Waals surface area contributed by atoms with Crippen LogP contribution in [0.4, 0.5) is 0 Å². The van der Waals surface area contributed by atoms with E-state index in [0.717, 1.165) is 29.7 Å². The predicted octanol–water partition coefficient (Wildman–Crippen LogP) is 4.41. The minimum atomic E-state index is 0.00952. The van der Waals surface area contributed by atoms with Crippen molar-refractivity contribution in [2.45, 2.75) is 25.9 Å². The first-order chi connectivity index (χ1) is 11.2. The standard InChI is InChI=1S/C19H19BrO3/c1-2-13-3-5-14(6-4-13)19(21)17-8-7-15(11-18(17)20)23-16-9-10-22-12-16/h3-8,11,16H,2,9-10,12H2,1H3. The lowest BCUT2D eigenvalue weighted by Gasteiger charge is -2.13. The van der Waals surface area contributed by atoms with Gasteiger partial charge in [-0.25, -0.2) is 0 Å². The average Bonchev–Trinajstić information content (AvgIpc) is 3.07. The Morgan fingerprint density at radius 1 is 1.26 bits per heavy atom. The third-order valence-corrected chi connectivity index (χ3v) is 4.66. The summed E-state index contributed by atoms with van der Waals surface area (Å²) in [6, 6.07) is 13.3. The highest BCUT2D eigenvalue weighted by molar-refractivity contribution is 9.10. The van der Waals surface area contributed by atoms with Gasteiger partial charge in [0.15, 0.2) is 5.78 Å². The van der Waals surface area contributed by atoms with Crippen molar-refractivity contribution in [3.05, 3.63) is 63.6 Å². The number of aryl methyl sites for hydroxylation is 1. The van der Waals surface area contributed by atoms with Crippen LogP contribution in [-0.2, 0) is 11.2 Å². The van der Waals surface area contributed by atoms with Gasteiger partial charge in [0, 0.05) is 22.0 Å². The van der Waals surface area contributed by atoms with Gasteiger partial charge in [0.1, 0.15) is 11.9 Å². The Balaban J connectivity index is 1.77. The van der Waals surface area contributed by atoms with E-state index in [1.54, 1.807) is 0 Å². The number of rotatable bonds is 5. The topological polar surface area (TPSA) is 35.5 Å². The molecule has 120 valence electrons. The van der Waals surface area contributed by atoms with Crippen molar-refractivity contribution in [2.75, 3.05) is 13.2 Å². The van der Waals surface area contributed by atoms with Gasteiger partial charge in [-0.3, -0.25) is 4.79 Å². The molecule has 1 aliphatic rings. The molecule has 0 amide bonds. The molecule has 23 heavy (non-hydrogen) atoms. The van der Waals surface area contributed by atoms with E-state index in [-0.39, 0.29) is 11.9 Å². The summed E-state index contributed by atoms with van der Waals surface area (Å²) in [6.45, 7) is 3.47. The van der Waals surface area contributed by atoms with Crippen LogP contribution in [0.1, 0.15) is 34.8 Å². The molecule has 2 aromatic rings. The van der Waals surface area contributed by atoms with Crippen molar-refractivity contribution in [1.29, 1.82) is 0 Å². The van der Waals surface area contributed by atoms with Crippen LogP contribution in [0.5, 0.6) is 5.75 Å². The summed E-state index contributed by atoms with van der Waals surface area (Å²) in [5.41, 5.74) is 2.56. The normalized spacial score (nSPS) is 17.2. The summed E-state index contributed by atoms with van der Waals surface area (Å²) in [5.74, 6) is 0.764. The highest BCUT2D eigenvalue weighted by Crippen LogP contribution is 2.27. The number of halogens is 1. The Labute approximate surface area is 144 Å². The summed E-state index contributed by atoms with van der Waals surface area (Å²) in [6.07, 6.45) is 1.97. The molecule has 3 rings (SSSR count). The second kappa shape index (κ2) is 7.28. The third kappa shape index (κ3) is 3.82. The van der Waals surface area contributed by atoms with Crippen LogP contribution < -0.4 is 4.74 Å². The zero-order chi connectivity index (χ0) is 16.2. The van der Waals surface area contributed by atoms with Crippen molar-refractivity contribution >= 4 is 21.7 Å². The predicted molar refractivity (Wildman–Crippen MR) is 93.2 cm³/mol. The SMILES string of the molecule is CCc1ccc(C(=O)c2ccc(OC3CCOC3)cc2Br)cc1. The molecule has 0 bridgehead atoms. The summed E-state index contributed by atoms with van der Waals surface area (Å²) < 4.78 is 11.9. The zero-order valence-corrected chi connectivity index (χ0v) is 14.6. The number of hydrogen-bond acceptors (Lipinski definition) is 3. The number of ketones is 1. The molecule has 1 aliphatic heterocycles. The van der Waals surface area contributed by atoms with E-state index in [2.05, 4.69) is 22.9 Å². The van der Waals surface area contributed by atoms with Crippen LogP contribution in [0.3, 0.4) is 0 Å². The second-order valence-electron chi connectivity index (χ2n) is 5.62. The first kappa shape index (κ1) is 16.2. The van der Waals surface area contributed by atoms with Gasteiger partial charge in [-0.2, -0.15) is 0 Å². The average molecular weight is 375 g/mol. The van der Waals surface area contributed by atoms with Crippen molar-refractivity contribution in [1.82, 2.24) is 0 Å². The van der Waals surface area contributed by atoms with E-state index in [0.29, 0.717) is 17.7 Å². The first-order valence-corrected chi connectivity index (χ1v) is 8.64. The molecule has 0 N–H and O–H groups in total. The molecule has 0 saturated carbocycles. The molecule has 1 heterocycles. The Kier molecular flexibility index (Phi) is 5.13. The maximum absolute atomic E-state index is 12.6. The van der Waals surface area contributed by atoms with Gasteiger partial charge in [-0.1, -0.05) is 31.2 Å². The molecular weight excluding hydrogens is 356 g/mol. The van der Waals surface area contributed by atoms with Gasteiger partial charge in [-0.15, -0.1) is 0 Å². The Morgan fingerprint density at radius 3 is 2.65 bits per heavy atom. The molecule has 0 aromatic heterocycles. The number of hydrogen-bond donors (Lipinski definition) is 0. The van der Waals surface area contributed by atoms with Crippen molar-refractivity contribution in [3.63, 3.8) is 0 Å². The van der Waals surface area contributed by atoms with Gasteiger partial charge < -0.3 is 9.47 Å². The molecule has 0 aliphatic carbocycles. The molecule has 0 spiro atoms. The lowest BCUT2D eigenvalue weighted by molar-refractivity contribution is 0.103. The van der Waals surface area contributed by atoms with Crippen LogP contribution in [0.15, 0.2) is 46.9 Å². The Bertz CT molecular complexity index is 688. The lowest BCUT2D eigenvalue weighted by Crippen LogP contribution is -2.15. The first-order valence-electron chi connectivity index (χ1n) is 7.85. The molecular formula is C19H19BrO3. The summed E-state index contributed by atoms with van der Waals surface area (Å²) in [5, 5.41) is 0. The number of ether oxygens (including phenoxy) is 2. The van der Waals surface area contributed by atoms with Gasteiger partial charge in [-0.05, 0) is 46.1 Å². The third-order valence-electron chi connectivity index (χ3n) is 4.00. The molecule has 4 heteroatoms. The van der Waals surface area contributed by atoms with E-state index in [1.807, 2.05) is 42.5 Å². The van der Waals surface area contributed by atoms with Crippen LogP contribution in [-0.4, -0.2) is 25.1 Å². The minimum Gasteiger partial charge on any atom is -0.488 e. The van der Waals surface area contributed by atoms with E-state index in [1.165, 1.54) is 5.56 Å². The zero-order valence-electron chi connectivity index (χ0n) is 13.0. The Morgan fingerprint density at radius 2 is 2.04 bits per heavy atom. The molecule has 2 aromatic carbocycles. The molecule has 1 atom stereocenters. The fourth-order valence-electron chi connectivity index (χ4n) is 2.60. The molecule has 1 fully saturated rings. The fraction of sp³-hybridized carbons (Fsp3) is 0.316. The van der Waals surface area contributed by atoms with Crippen LogP contribution >= 0.6 is 15.9 Å². The number of benzene rings is 2. The highest BCUT2D eigenvalue weighted by Gasteiger charge is 2.18. The lowest BCUT2D eigenvalue weighted by atomic mass is 10.0. The van der Waals surface area contributed by atoms with Gasteiger partial charge in [0.2, 0.25) is 0 Å². The highest BCUT2D eigenvalue weighted by atomic mass is 79.9. The number of carbonyl (C=O) groups is 1. The molecule has 3 nitrogen and oxygen atoms in total. The molecule has 0 radical (unpaired) electrons. The van der Waals surface area contributed by atoms with Crippen molar-refractivity contribution in [3.8, 4) is 5.75 Å². The van der Waals surface area contributed by atoms with Crippen molar-refractivity contribution in [2.24, 2.45) is 0 Å². The van der Waals surface area contributed by atoms with Gasteiger partial charge >= 0.3 is 0 Å². The maximum Gasteiger partial charge on any atom is 0.194 e. The quantitative estimate of drug-likeness (QED) is 0.727. The second-order valence-corrected chi connectivity index (χ2v) is 6.48. The van der Waals surface area contributed by atoms with E-state index in [4.69, 9.17) is 9.47 Å². The van der Waals surface area contributed by atoms with Crippen LogP contribution in [0.25, 0.3) is 0 Å². The summed E-state index contributed by atoms with van der Waals surface area (Å²) in [4.78, 5) is 12.6. The summed E-state index contributed by atoms with van der Waals surface area (Å²) >= 11 is 3.49. The van der Waals surface area contributed by atoms with Gasteiger partial charge in [0.05, 0.1) is 13.2 Å². The van der Waals surface area contributed by atoms with E-state index in [9.17, 15) is 4.79 Å². The molecule has 1 unspecified atom stereocenters.